The number of aryl methyl sites for hydroxylation is 2. The van der Waals surface area contributed by atoms with Crippen molar-refractivity contribution in [2.45, 2.75) is 73.1 Å². The summed E-state index contributed by atoms with van der Waals surface area (Å²) in [6.07, 6.45) is 17.0. The fourth-order valence-corrected chi connectivity index (χ4v) is 11.1. The minimum absolute atomic E-state index is 0.132. The van der Waals surface area contributed by atoms with Gasteiger partial charge in [-0.05, 0) is 134 Å². The van der Waals surface area contributed by atoms with Crippen LogP contribution in [0.25, 0.3) is 82.4 Å². The first-order chi connectivity index (χ1) is 28.3. The Labute approximate surface area is 348 Å². The highest BCUT2D eigenvalue weighted by Gasteiger charge is 2.41. The second-order valence-corrected chi connectivity index (χ2v) is 17.7. The van der Waals surface area contributed by atoms with Crippen molar-refractivity contribution in [1.29, 1.82) is 0 Å². The van der Waals surface area contributed by atoms with Crippen molar-refractivity contribution in [2.24, 2.45) is 0 Å². The minimum Gasteiger partial charge on any atom is -0.139 e. The molecule has 7 aromatic carbocycles. The zero-order chi connectivity index (χ0) is 40.1. The number of allylic oxidation sites excluding steroid dienone is 6. The molecule has 0 spiro atoms. The van der Waals surface area contributed by atoms with Gasteiger partial charge in [-0.15, -0.1) is 11.3 Å². The van der Waals surface area contributed by atoms with Crippen LogP contribution in [-0.2, 0) is 11.8 Å². The second kappa shape index (κ2) is 15.2. The van der Waals surface area contributed by atoms with Crippen LogP contribution in [-0.4, -0.2) is 0 Å². The molecule has 0 N–H and O–H groups in total. The van der Waals surface area contributed by atoms with Crippen LogP contribution in [0.2, 0.25) is 0 Å². The third-order valence-electron chi connectivity index (χ3n) is 12.5. The summed E-state index contributed by atoms with van der Waals surface area (Å²) in [5.74, 6) is 0. The van der Waals surface area contributed by atoms with Gasteiger partial charge in [-0.25, -0.2) is 0 Å². The van der Waals surface area contributed by atoms with Crippen LogP contribution in [0.1, 0.15) is 85.7 Å². The van der Waals surface area contributed by atoms with Gasteiger partial charge in [0.1, 0.15) is 0 Å². The van der Waals surface area contributed by atoms with Crippen molar-refractivity contribution in [3.8, 4) is 22.3 Å². The van der Waals surface area contributed by atoms with Gasteiger partial charge < -0.3 is 0 Å². The van der Waals surface area contributed by atoms with Crippen LogP contribution in [0.15, 0.2) is 145 Å². The molecule has 58 heavy (non-hydrogen) atoms. The third-order valence-corrected chi connectivity index (χ3v) is 13.7. The second-order valence-electron chi connectivity index (χ2n) is 16.5. The molecule has 1 aliphatic rings. The molecule has 0 radical (unpaired) electrons. The lowest BCUT2D eigenvalue weighted by Crippen LogP contribution is -2.15. The average Bonchev–Trinajstić information content (AvgIpc) is 3.69. The van der Waals surface area contributed by atoms with Crippen molar-refractivity contribution in [3.05, 3.63) is 183 Å². The van der Waals surface area contributed by atoms with E-state index in [4.69, 9.17) is 0 Å². The Morgan fingerprint density at radius 3 is 1.76 bits per heavy atom. The summed E-state index contributed by atoms with van der Waals surface area (Å²) in [6, 6.07) is 43.4. The average molecular weight is 769 g/mol. The van der Waals surface area contributed by atoms with Gasteiger partial charge in [-0.1, -0.05) is 179 Å². The van der Waals surface area contributed by atoms with Gasteiger partial charge in [-0.2, -0.15) is 0 Å². The zero-order valence-corrected chi connectivity index (χ0v) is 35.8. The maximum atomic E-state index is 2.53. The van der Waals surface area contributed by atoms with E-state index >= 15 is 0 Å². The first-order valence-electron chi connectivity index (χ1n) is 21.1. The molecule has 0 bridgehead atoms. The topological polar surface area (TPSA) is 0 Å². The van der Waals surface area contributed by atoms with Crippen molar-refractivity contribution in [1.82, 2.24) is 0 Å². The molecular weight excluding hydrogens is 717 g/mol. The van der Waals surface area contributed by atoms with E-state index in [0.717, 1.165) is 19.3 Å². The number of hydrogen-bond acceptors (Lipinski definition) is 1. The van der Waals surface area contributed by atoms with Crippen LogP contribution in [0.4, 0.5) is 0 Å². The number of fused-ring (bicyclic) bond motifs is 8. The monoisotopic (exact) mass is 768 g/mol. The third kappa shape index (κ3) is 6.11. The lowest BCUT2D eigenvalue weighted by molar-refractivity contribution is 0.666. The summed E-state index contributed by atoms with van der Waals surface area (Å²) >= 11 is 1.96. The Kier molecular flexibility index (Phi) is 9.91. The maximum Gasteiger partial charge on any atom is 0.0433 e. The van der Waals surface area contributed by atoms with Gasteiger partial charge in [0, 0.05) is 25.8 Å². The molecule has 286 valence electrons. The summed E-state index contributed by atoms with van der Waals surface area (Å²) in [6.45, 7) is 16.1. The van der Waals surface area contributed by atoms with E-state index in [-0.39, 0.29) is 5.41 Å². The van der Waals surface area contributed by atoms with Crippen molar-refractivity contribution >= 4 is 71.5 Å². The van der Waals surface area contributed by atoms with Crippen molar-refractivity contribution < 1.29 is 0 Å². The van der Waals surface area contributed by atoms with E-state index in [1.165, 1.54) is 114 Å². The summed E-state index contributed by atoms with van der Waals surface area (Å²) in [5, 5.41) is 9.32. The molecule has 0 unspecified atom stereocenters. The van der Waals surface area contributed by atoms with Crippen molar-refractivity contribution in [2.75, 3.05) is 0 Å². The Balaban J connectivity index is 1.20. The van der Waals surface area contributed by atoms with Gasteiger partial charge in [0.05, 0.1) is 0 Å². The van der Waals surface area contributed by atoms with E-state index in [1.54, 1.807) is 0 Å². The SMILES string of the molecule is CC=C1/C(=C\Cc2cccc(-c3c4ccccc4c(-c4ccc(/C=C\CC)c(C)c4)c4ccccc34)c2)c2c(c3c(/C=C\CC)c(C)sc3c3ccccc23)C1(C)C. The Hall–Kier alpha value is -5.76. The molecule has 8 aromatic rings. The van der Waals surface area contributed by atoms with E-state index < -0.39 is 0 Å². The van der Waals surface area contributed by atoms with Crippen LogP contribution in [0, 0.1) is 13.8 Å². The molecule has 9 rings (SSSR count). The Bertz CT molecular complexity index is 2990. The van der Waals surface area contributed by atoms with Gasteiger partial charge >= 0.3 is 0 Å². The fraction of sp³-hybridized carbons (Fsp3) is 0.193. The smallest absolute Gasteiger partial charge is 0.0433 e. The Morgan fingerprint density at radius 1 is 0.603 bits per heavy atom. The highest BCUT2D eigenvalue weighted by atomic mass is 32.1. The van der Waals surface area contributed by atoms with Gasteiger partial charge in [0.2, 0.25) is 0 Å². The lowest BCUT2D eigenvalue weighted by atomic mass is 9.79. The van der Waals surface area contributed by atoms with Crippen molar-refractivity contribution in [3.63, 3.8) is 0 Å². The summed E-state index contributed by atoms with van der Waals surface area (Å²) in [7, 11) is 0. The first kappa shape index (κ1) is 37.8. The number of thiophene rings is 1. The molecule has 0 amide bonds. The van der Waals surface area contributed by atoms with Crippen LogP contribution >= 0.6 is 11.3 Å². The molecule has 1 aromatic heterocycles. The van der Waals surface area contributed by atoms with Gasteiger partial charge in [0.25, 0.3) is 0 Å². The number of benzene rings is 7. The van der Waals surface area contributed by atoms with E-state index in [2.05, 4.69) is 200 Å². The standard InChI is InChI=1S/C57H52S/c1-8-11-21-39-31-32-41(34-36(39)4)52-45-26-15-13-24-43(45)51(44-25-14-16-27-46(44)52)40-22-19-20-38(35-40)30-33-49-50(10-3)57(6,7)55-53(49)47-28-17-18-29-48(47)56-54(55)42(23-12-9-2)37(5)58-56/h10-29,31-35H,8-9,30H2,1-7H3/b21-11-,23-12-,49-33+,50-10?. The molecule has 0 nitrogen and oxygen atoms in total. The van der Waals surface area contributed by atoms with E-state index in [9.17, 15) is 0 Å². The maximum absolute atomic E-state index is 2.53. The minimum atomic E-state index is -0.132. The predicted octanol–water partition coefficient (Wildman–Crippen LogP) is 17.0. The molecule has 0 saturated carbocycles. The number of rotatable bonds is 8. The van der Waals surface area contributed by atoms with Crippen LogP contribution < -0.4 is 0 Å². The van der Waals surface area contributed by atoms with E-state index in [1.807, 2.05) is 11.3 Å². The fourth-order valence-electron chi connectivity index (χ4n) is 9.92. The summed E-state index contributed by atoms with van der Waals surface area (Å²) < 4.78 is 1.42. The lowest BCUT2D eigenvalue weighted by Gasteiger charge is -2.23. The molecule has 1 aliphatic carbocycles. The quantitative estimate of drug-likeness (QED) is 0.135. The summed E-state index contributed by atoms with van der Waals surface area (Å²) in [4.78, 5) is 1.39. The molecule has 0 fully saturated rings. The largest absolute Gasteiger partial charge is 0.139 e. The normalized spacial score (nSPS) is 15.4. The highest BCUT2D eigenvalue weighted by molar-refractivity contribution is 7.20. The Morgan fingerprint density at radius 2 is 1.17 bits per heavy atom. The molecule has 1 heterocycles. The molecule has 0 atom stereocenters. The zero-order valence-electron chi connectivity index (χ0n) is 35.0. The van der Waals surface area contributed by atoms with Gasteiger partial charge in [-0.3, -0.25) is 0 Å². The first-order valence-corrected chi connectivity index (χ1v) is 21.9. The van der Waals surface area contributed by atoms with Crippen LogP contribution in [0.3, 0.4) is 0 Å². The number of hydrogen-bond donors (Lipinski definition) is 0. The molecular formula is C57H52S. The van der Waals surface area contributed by atoms with Gasteiger partial charge in [0.15, 0.2) is 0 Å². The van der Waals surface area contributed by atoms with Crippen LogP contribution in [0.5, 0.6) is 0 Å². The molecule has 0 saturated heterocycles. The highest BCUT2D eigenvalue weighted by Crippen LogP contribution is 2.57. The summed E-state index contributed by atoms with van der Waals surface area (Å²) in [5.41, 5.74) is 16.0. The molecule has 0 aliphatic heterocycles. The predicted molar refractivity (Wildman–Crippen MR) is 258 cm³/mol. The molecule has 1 heteroatoms. The van der Waals surface area contributed by atoms with E-state index in [0.29, 0.717) is 0 Å².